The van der Waals surface area contributed by atoms with E-state index in [9.17, 15) is 0 Å². The third kappa shape index (κ3) is 6.10. The van der Waals surface area contributed by atoms with Gasteiger partial charge in [0.05, 0.1) is 16.9 Å². The summed E-state index contributed by atoms with van der Waals surface area (Å²) in [5.74, 6) is 0. The van der Waals surface area contributed by atoms with Crippen LogP contribution in [0.3, 0.4) is 0 Å². The molecule has 0 bridgehead atoms. The quantitative estimate of drug-likeness (QED) is 0.160. The Morgan fingerprint density at radius 3 is 1.36 bits per heavy atom. The molecule has 0 amide bonds. The number of benzene rings is 8. The van der Waals surface area contributed by atoms with Crippen molar-refractivity contribution in [1.82, 2.24) is 4.57 Å². The fourth-order valence-corrected chi connectivity index (χ4v) is 11.0. The molecule has 0 N–H and O–H groups in total. The molecule has 3 aliphatic heterocycles. The van der Waals surface area contributed by atoms with Crippen molar-refractivity contribution < 1.29 is 0 Å². The number of hydrogen-bond acceptors (Lipinski definition) is 2. The Balaban J connectivity index is 1.27. The predicted octanol–water partition coefficient (Wildman–Crippen LogP) is 14.9. The van der Waals surface area contributed by atoms with Gasteiger partial charge in [0.2, 0.25) is 0 Å². The molecule has 9 aromatic rings. The van der Waals surface area contributed by atoms with Crippen LogP contribution in [-0.4, -0.2) is 11.3 Å². The second-order valence-electron chi connectivity index (χ2n) is 21.9. The van der Waals surface area contributed by atoms with Gasteiger partial charge in [-0.25, -0.2) is 0 Å². The number of fused-ring (bicyclic) bond motifs is 4. The average Bonchev–Trinajstić information content (AvgIpc) is 3.83. The van der Waals surface area contributed by atoms with Crippen LogP contribution in [0, 0.1) is 0 Å². The van der Waals surface area contributed by atoms with E-state index in [0.29, 0.717) is 0 Å². The monoisotopic (exact) mass is 853 g/mol. The van der Waals surface area contributed by atoms with Crippen molar-refractivity contribution in [2.24, 2.45) is 0 Å². The molecule has 4 heteroatoms. The minimum absolute atomic E-state index is 0.0190. The summed E-state index contributed by atoms with van der Waals surface area (Å²) < 4.78 is 2.64. The molecule has 0 spiro atoms. The Morgan fingerprint density at radius 1 is 0.364 bits per heavy atom. The van der Waals surface area contributed by atoms with Gasteiger partial charge < -0.3 is 14.4 Å². The normalized spacial score (nSPS) is 13.7. The van der Waals surface area contributed by atoms with Crippen LogP contribution >= 0.6 is 0 Å². The highest BCUT2D eigenvalue weighted by Crippen LogP contribution is 2.53. The van der Waals surface area contributed by atoms with E-state index in [-0.39, 0.29) is 23.0 Å². The minimum Gasteiger partial charge on any atom is -0.320 e. The molecule has 0 aliphatic carbocycles. The predicted molar refractivity (Wildman–Crippen MR) is 283 cm³/mol. The third-order valence-corrected chi connectivity index (χ3v) is 14.5. The van der Waals surface area contributed by atoms with Crippen molar-refractivity contribution in [2.75, 3.05) is 9.80 Å². The summed E-state index contributed by atoms with van der Waals surface area (Å²) in [6, 6.07) is 66.9. The molecule has 322 valence electrons. The molecule has 12 rings (SSSR count). The first-order chi connectivity index (χ1) is 31.6. The van der Waals surface area contributed by atoms with E-state index >= 15 is 0 Å². The lowest BCUT2D eigenvalue weighted by atomic mass is 9.36. The zero-order valence-corrected chi connectivity index (χ0v) is 39.7. The van der Waals surface area contributed by atoms with Gasteiger partial charge in [0, 0.05) is 45.0 Å². The number of aromatic nitrogens is 1. The van der Waals surface area contributed by atoms with Crippen molar-refractivity contribution in [3.63, 3.8) is 0 Å². The average molecular weight is 854 g/mol. The van der Waals surface area contributed by atoms with E-state index < -0.39 is 0 Å². The highest BCUT2D eigenvalue weighted by molar-refractivity contribution is 7.02. The van der Waals surface area contributed by atoms with Gasteiger partial charge in [-0.05, 0) is 132 Å². The summed E-state index contributed by atoms with van der Waals surface area (Å²) in [7, 11) is 0. The topological polar surface area (TPSA) is 11.4 Å². The Bertz CT molecular complexity index is 3400. The maximum Gasteiger partial charge on any atom is 0.275 e. The van der Waals surface area contributed by atoms with Gasteiger partial charge in [-0.15, -0.1) is 0 Å². The lowest BCUT2D eigenvalue weighted by Crippen LogP contribution is -2.59. The second-order valence-corrected chi connectivity index (χ2v) is 21.9. The first-order valence-electron chi connectivity index (χ1n) is 23.7. The van der Waals surface area contributed by atoms with Crippen molar-refractivity contribution >= 4 is 68.3 Å². The minimum atomic E-state index is -0.0349. The lowest BCUT2D eigenvalue weighted by molar-refractivity contribution is 0.590. The van der Waals surface area contributed by atoms with Crippen molar-refractivity contribution in [1.29, 1.82) is 0 Å². The van der Waals surface area contributed by atoms with E-state index in [1.165, 1.54) is 117 Å². The molecule has 0 fully saturated rings. The molecular weight excluding hydrogens is 798 g/mol. The SMILES string of the molecule is CC(C)(C)c1ccc(N2c3cc(-c4ccccc4)cc4c3B3c5c(cc(-c6ccccc6)cc5-n5c3c2c2cc(C(C)(C)C)ccc25)N4c2ccc(C(C)(C)C)cc2-c2ccccc2)cc1. The molecule has 0 atom stereocenters. The van der Waals surface area contributed by atoms with Crippen LogP contribution in [0.25, 0.3) is 50.0 Å². The molecule has 3 aliphatic rings. The molecule has 0 radical (unpaired) electrons. The molecule has 8 aromatic carbocycles. The fraction of sp³-hybridized carbons (Fsp3) is 0.194. The summed E-state index contributed by atoms with van der Waals surface area (Å²) in [5, 5.41) is 1.29. The number of anilines is 6. The maximum atomic E-state index is 2.64. The van der Waals surface area contributed by atoms with Crippen LogP contribution in [0.2, 0.25) is 0 Å². The molecule has 1 aromatic heterocycles. The van der Waals surface area contributed by atoms with Crippen LogP contribution < -0.4 is 26.3 Å². The zero-order chi connectivity index (χ0) is 45.4. The Labute approximate surface area is 391 Å². The summed E-state index contributed by atoms with van der Waals surface area (Å²) in [4.78, 5) is 5.27. The highest BCUT2D eigenvalue weighted by Gasteiger charge is 2.52. The first kappa shape index (κ1) is 40.5. The summed E-state index contributed by atoms with van der Waals surface area (Å²) in [5.41, 5.74) is 25.1. The van der Waals surface area contributed by atoms with Crippen molar-refractivity contribution in [3.8, 4) is 39.1 Å². The van der Waals surface area contributed by atoms with E-state index in [1.54, 1.807) is 0 Å². The van der Waals surface area contributed by atoms with Gasteiger partial charge in [-0.2, -0.15) is 0 Å². The molecule has 66 heavy (non-hydrogen) atoms. The Hall–Kier alpha value is -7.04. The van der Waals surface area contributed by atoms with E-state index in [1.807, 2.05) is 0 Å². The number of rotatable bonds is 5. The van der Waals surface area contributed by atoms with Crippen LogP contribution in [0.1, 0.15) is 79.0 Å². The van der Waals surface area contributed by atoms with Gasteiger partial charge in [-0.3, -0.25) is 0 Å². The molecule has 0 saturated heterocycles. The van der Waals surface area contributed by atoms with Gasteiger partial charge in [-0.1, -0.05) is 178 Å². The molecule has 0 saturated carbocycles. The molecular formula is C62H56BN3. The lowest BCUT2D eigenvalue weighted by Gasteiger charge is -2.43. The van der Waals surface area contributed by atoms with Gasteiger partial charge >= 0.3 is 0 Å². The fourth-order valence-electron chi connectivity index (χ4n) is 11.0. The summed E-state index contributed by atoms with van der Waals surface area (Å²) in [6.07, 6.45) is 0. The highest BCUT2D eigenvalue weighted by atomic mass is 15.2. The largest absolute Gasteiger partial charge is 0.320 e. The third-order valence-electron chi connectivity index (χ3n) is 14.5. The van der Waals surface area contributed by atoms with Gasteiger partial charge in [0.15, 0.2) is 0 Å². The number of hydrogen-bond donors (Lipinski definition) is 0. The Kier molecular flexibility index (Phi) is 8.73. The van der Waals surface area contributed by atoms with E-state index in [0.717, 1.165) is 0 Å². The van der Waals surface area contributed by atoms with Crippen LogP contribution in [0.4, 0.5) is 34.1 Å². The summed E-state index contributed by atoms with van der Waals surface area (Å²) >= 11 is 0. The zero-order valence-electron chi connectivity index (χ0n) is 39.7. The van der Waals surface area contributed by atoms with Crippen LogP contribution in [0.15, 0.2) is 176 Å². The second kappa shape index (κ2) is 14.2. The van der Waals surface area contributed by atoms with Gasteiger partial charge in [0.1, 0.15) is 0 Å². The maximum absolute atomic E-state index is 2.64. The van der Waals surface area contributed by atoms with Crippen molar-refractivity contribution in [3.05, 3.63) is 193 Å². The molecule has 3 nitrogen and oxygen atoms in total. The Morgan fingerprint density at radius 2 is 0.818 bits per heavy atom. The smallest absolute Gasteiger partial charge is 0.275 e. The standard InChI is InChI=1S/C62H56BN3/c1-60(2,3)44-25-29-47(30-26-44)64-52-33-42(39-19-13-10-14-20-39)34-53-56(52)63-57-54(65(53)50-31-27-45(61(4,5)6)37-48(50)41-23-17-12-18-24-41)35-43(40-21-15-11-16-22-40)36-55(57)66-51-32-28-46(62(7,8)9)38-49(51)58(64)59(63)66/h10-38H,1-9H3. The van der Waals surface area contributed by atoms with E-state index in [4.69, 9.17) is 0 Å². The van der Waals surface area contributed by atoms with Gasteiger partial charge in [0.25, 0.3) is 6.71 Å². The first-order valence-corrected chi connectivity index (χ1v) is 23.7. The molecule has 4 heterocycles. The van der Waals surface area contributed by atoms with Crippen molar-refractivity contribution in [2.45, 2.75) is 78.6 Å². The van der Waals surface area contributed by atoms with Crippen LogP contribution in [-0.2, 0) is 16.2 Å². The number of nitrogens with zero attached hydrogens (tertiary/aromatic N) is 3. The van der Waals surface area contributed by atoms with E-state index in [2.05, 4.69) is 253 Å². The summed E-state index contributed by atoms with van der Waals surface area (Å²) in [6.45, 7) is 20.9. The molecule has 0 unspecified atom stereocenters. The van der Waals surface area contributed by atoms with Crippen LogP contribution in [0.5, 0.6) is 0 Å².